The van der Waals surface area contributed by atoms with Gasteiger partial charge < -0.3 is 10.2 Å². The zero-order valence-corrected chi connectivity index (χ0v) is 17.1. The highest BCUT2D eigenvalue weighted by Crippen LogP contribution is 2.53. The molecule has 2 aromatic heterocycles. The highest BCUT2D eigenvalue weighted by atomic mass is 16.2. The molecular weight excluding hydrogens is 368 g/mol. The van der Waals surface area contributed by atoms with E-state index in [0.717, 1.165) is 44.2 Å². The second-order valence-corrected chi connectivity index (χ2v) is 8.81. The van der Waals surface area contributed by atoms with Gasteiger partial charge in [0.1, 0.15) is 5.69 Å². The third kappa shape index (κ3) is 3.68. The van der Waals surface area contributed by atoms with E-state index >= 15 is 0 Å². The zero-order chi connectivity index (χ0) is 20.4. The number of aromatic nitrogens is 4. The number of hydrogen-bond donors (Lipinski definition) is 3. The number of aromatic amines is 2. The van der Waals surface area contributed by atoms with Crippen LogP contribution in [0.4, 0.5) is 0 Å². The van der Waals surface area contributed by atoms with Crippen LogP contribution in [0.1, 0.15) is 62.1 Å². The van der Waals surface area contributed by atoms with Crippen molar-refractivity contribution in [1.29, 1.82) is 0 Å². The largest absolute Gasteiger partial charge is 0.355 e. The molecule has 3 atom stereocenters. The molecule has 29 heavy (non-hydrogen) atoms. The number of rotatable bonds is 8. The Bertz CT molecular complexity index is 831. The van der Waals surface area contributed by atoms with Gasteiger partial charge in [0.25, 0.3) is 5.91 Å². The molecule has 2 fully saturated rings. The van der Waals surface area contributed by atoms with Gasteiger partial charge in [-0.05, 0) is 50.2 Å². The Labute approximate surface area is 170 Å². The molecule has 4 heterocycles. The van der Waals surface area contributed by atoms with Crippen molar-refractivity contribution < 1.29 is 9.59 Å². The van der Waals surface area contributed by atoms with Crippen molar-refractivity contribution in [2.24, 2.45) is 11.3 Å². The summed E-state index contributed by atoms with van der Waals surface area (Å²) in [6.45, 7) is 4.94. The summed E-state index contributed by atoms with van der Waals surface area (Å²) in [6.07, 6.45) is 8.43. The highest BCUT2D eigenvalue weighted by molar-refractivity contribution is 5.95. The summed E-state index contributed by atoms with van der Waals surface area (Å²) in [5, 5.41) is 16.8. The van der Waals surface area contributed by atoms with Gasteiger partial charge in [0.15, 0.2) is 0 Å². The molecule has 8 nitrogen and oxygen atoms in total. The Kier molecular flexibility index (Phi) is 5.43. The Balaban J connectivity index is 1.51. The zero-order valence-electron chi connectivity index (χ0n) is 17.1. The van der Waals surface area contributed by atoms with Gasteiger partial charge in [-0.3, -0.25) is 19.8 Å². The van der Waals surface area contributed by atoms with Gasteiger partial charge >= 0.3 is 0 Å². The summed E-state index contributed by atoms with van der Waals surface area (Å²) in [4.78, 5) is 28.5. The summed E-state index contributed by atoms with van der Waals surface area (Å²) in [5.41, 5.74) is 1.00. The average Bonchev–Trinajstić information content (AvgIpc) is 3.50. The molecule has 2 amide bonds. The first-order valence-electron chi connectivity index (χ1n) is 10.6. The van der Waals surface area contributed by atoms with Crippen molar-refractivity contribution in [2.75, 3.05) is 6.54 Å². The van der Waals surface area contributed by atoms with Gasteiger partial charge in [-0.1, -0.05) is 13.8 Å². The number of amides is 2. The molecule has 2 bridgehead atoms. The first-order chi connectivity index (χ1) is 14.0. The predicted octanol–water partition coefficient (Wildman–Crippen LogP) is 2.29. The maximum Gasteiger partial charge on any atom is 0.272 e. The van der Waals surface area contributed by atoms with E-state index < -0.39 is 5.41 Å². The van der Waals surface area contributed by atoms with Crippen LogP contribution in [0, 0.1) is 11.3 Å². The van der Waals surface area contributed by atoms with Crippen molar-refractivity contribution in [3.63, 3.8) is 0 Å². The van der Waals surface area contributed by atoms with Gasteiger partial charge in [-0.15, -0.1) is 0 Å². The van der Waals surface area contributed by atoms with Crippen LogP contribution in [0.2, 0.25) is 0 Å². The second kappa shape index (κ2) is 8.00. The van der Waals surface area contributed by atoms with Gasteiger partial charge in [0.05, 0.1) is 5.41 Å². The van der Waals surface area contributed by atoms with Gasteiger partial charge in [-0.2, -0.15) is 10.2 Å². The van der Waals surface area contributed by atoms with E-state index in [4.69, 9.17) is 0 Å². The molecule has 3 N–H and O–H groups in total. The van der Waals surface area contributed by atoms with Crippen LogP contribution in [-0.4, -0.2) is 55.7 Å². The molecular formula is C21H30N6O2. The van der Waals surface area contributed by atoms with Crippen molar-refractivity contribution in [3.05, 3.63) is 35.9 Å². The Morgan fingerprint density at radius 3 is 2.72 bits per heavy atom. The first kappa shape index (κ1) is 19.7. The predicted molar refractivity (Wildman–Crippen MR) is 108 cm³/mol. The molecule has 2 aliphatic rings. The summed E-state index contributed by atoms with van der Waals surface area (Å²) in [5.74, 6) is 0.569. The SMILES string of the molecule is CC(C)CC[C@]1(C(=O)NCCc2ccn[nH]2)C[C@H]2CC[C@@H]1N2C(=O)c1ccn[nH]1. The minimum Gasteiger partial charge on any atom is -0.355 e. The first-order valence-corrected chi connectivity index (χ1v) is 10.6. The lowest BCUT2D eigenvalue weighted by atomic mass is 9.69. The molecule has 0 unspecified atom stereocenters. The molecule has 2 aliphatic heterocycles. The van der Waals surface area contributed by atoms with Crippen LogP contribution < -0.4 is 5.32 Å². The lowest BCUT2D eigenvalue weighted by Gasteiger charge is -2.36. The highest BCUT2D eigenvalue weighted by Gasteiger charge is 2.60. The van der Waals surface area contributed by atoms with Crippen molar-refractivity contribution in [3.8, 4) is 0 Å². The normalized spacial score (nSPS) is 25.7. The third-order valence-electron chi connectivity index (χ3n) is 6.56. The topological polar surface area (TPSA) is 107 Å². The lowest BCUT2D eigenvalue weighted by molar-refractivity contribution is -0.133. The summed E-state index contributed by atoms with van der Waals surface area (Å²) >= 11 is 0. The average molecular weight is 399 g/mol. The number of nitrogens with one attached hydrogen (secondary N) is 3. The number of carbonyl (C=O) groups excluding carboxylic acids is 2. The minimum atomic E-state index is -0.503. The fourth-order valence-corrected chi connectivity index (χ4v) is 5.09. The molecule has 0 spiro atoms. The monoisotopic (exact) mass is 398 g/mol. The van der Waals surface area contributed by atoms with E-state index in [-0.39, 0.29) is 23.9 Å². The van der Waals surface area contributed by atoms with Gasteiger partial charge in [0, 0.05) is 43.1 Å². The summed E-state index contributed by atoms with van der Waals surface area (Å²) in [6, 6.07) is 3.71. The van der Waals surface area contributed by atoms with Crippen LogP contribution in [0.3, 0.4) is 0 Å². The van der Waals surface area contributed by atoms with E-state index in [1.807, 2.05) is 11.0 Å². The van der Waals surface area contributed by atoms with E-state index in [9.17, 15) is 9.59 Å². The molecule has 2 aromatic rings. The minimum absolute atomic E-state index is 0.0355. The van der Waals surface area contributed by atoms with Crippen LogP contribution in [-0.2, 0) is 11.2 Å². The summed E-state index contributed by atoms with van der Waals surface area (Å²) < 4.78 is 0. The Hall–Kier alpha value is -2.64. The Morgan fingerprint density at radius 2 is 2.03 bits per heavy atom. The number of H-pyrrole nitrogens is 2. The van der Waals surface area contributed by atoms with Crippen molar-refractivity contribution >= 4 is 11.8 Å². The number of hydrogen-bond acceptors (Lipinski definition) is 4. The quantitative estimate of drug-likeness (QED) is 0.634. The second-order valence-electron chi connectivity index (χ2n) is 8.81. The standard InChI is InChI=1S/C21H30N6O2/c1-14(2)5-9-21(20(29)22-10-6-15-7-11-23-25-15)13-16-3-4-18(21)27(16)19(28)17-8-12-24-26-17/h7-8,11-12,14,16,18H,3-6,9-10,13H2,1-2H3,(H,22,29)(H,23,25)(H,24,26)/t16-,18+,21+/m1/s1. The van der Waals surface area contributed by atoms with E-state index in [0.29, 0.717) is 18.2 Å². The Morgan fingerprint density at radius 1 is 1.24 bits per heavy atom. The maximum atomic E-state index is 13.5. The molecule has 0 aliphatic carbocycles. The molecule has 8 heteroatoms. The van der Waals surface area contributed by atoms with E-state index in [2.05, 4.69) is 39.6 Å². The number of nitrogens with zero attached hydrogens (tertiary/aromatic N) is 3. The molecule has 156 valence electrons. The van der Waals surface area contributed by atoms with Crippen LogP contribution >= 0.6 is 0 Å². The van der Waals surface area contributed by atoms with Crippen molar-refractivity contribution in [2.45, 2.75) is 64.5 Å². The third-order valence-corrected chi connectivity index (χ3v) is 6.56. The molecule has 4 rings (SSSR count). The molecule has 0 saturated carbocycles. The molecule has 0 radical (unpaired) electrons. The number of carbonyl (C=O) groups is 2. The van der Waals surface area contributed by atoms with Crippen molar-refractivity contribution in [1.82, 2.24) is 30.6 Å². The van der Waals surface area contributed by atoms with E-state index in [1.165, 1.54) is 0 Å². The maximum absolute atomic E-state index is 13.5. The molecule has 2 saturated heterocycles. The summed E-state index contributed by atoms with van der Waals surface area (Å²) in [7, 11) is 0. The smallest absolute Gasteiger partial charge is 0.272 e. The van der Waals surface area contributed by atoms with Crippen LogP contribution in [0.25, 0.3) is 0 Å². The fraction of sp³-hybridized carbons (Fsp3) is 0.619. The van der Waals surface area contributed by atoms with Gasteiger partial charge in [0.2, 0.25) is 5.91 Å². The van der Waals surface area contributed by atoms with Crippen LogP contribution in [0.5, 0.6) is 0 Å². The van der Waals surface area contributed by atoms with E-state index in [1.54, 1.807) is 18.5 Å². The number of fused-ring (bicyclic) bond motifs is 2. The lowest BCUT2D eigenvalue weighted by Crippen LogP contribution is -2.50. The van der Waals surface area contributed by atoms with Gasteiger partial charge in [-0.25, -0.2) is 0 Å². The fourth-order valence-electron chi connectivity index (χ4n) is 5.09. The van der Waals surface area contributed by atoms with Crippen LogP contribution in [0.15, 0.2) is 24.5 Å². The molecule has 0 aromatic carbocycles.